The molecule has 0 aliphatic carbocycles. The zero-order chi connectivity index (χ0) is 18.4. The minimum Gasteiger partial charge on any atom is -0.357 e. The molecular weight excluding hydrogens is 326 g/mol. The second kappa shape index (κ2) is 8.33. The lowest BCUT2D eigenvalue weighted by molar-refractivity contribution is 0.464. The Bertz CT molecular complexity index is 848. The van der Waals surface area contributed by atoms with Crippen molar-refractivity contribution in [3.8, 4) is 11.3 Å². The van der Waals surface area contributed by atoms with Crippen LogP contribution >= 0.6 is 0 Å². The minimum atomic E-state index is 0.591. The topological polar surface area (TPSA) is 74.1 Å². The molecule has 7 nitrogen and oxygen atoms in total. The van der Waals surface area contributed by atoms with Gasteiger partial charge in [-0.15, -0.1) is 0 Å². The predicted octanol–water partition coefficient (Wildman–Crippen LogP) is 2.41. The van der Waals surface area contributed by atoms with E-state index in [9.17, 15) is 0 Å². The molecule has 0 atom stereocenters. The highest BCUT2D eigenvalue weighted by atomic mass is 15.3. The van der Waals surface area contributed by atoms with Gasteiger partial charge in [0.05, 0.1) is 31.2 Å². The lowest BCUT2D eigenvalue weighted by Crippen LogP contribution is -2.38. The quantitative estimate of drug-likeness (QED) is 0.528. The second-order valence-corrected chi connectivity index (χ2v) is 6.16. The van der Waals surface area contributed by atoms with Crippen LogP contribution in [0.2, 0.25) is 0 Å². The van der Waals surface area contributed by atoms with Crippen LogP contribution in [-0.4, -0.2) is 44.2 Å². The molecule has 7 heteroatoms. The van der Waals surface area contributed by atoms with Gasteiger partial charge in [0, 0.05) is 32.4 Å². The molecule has 0 fully saturated rings. The van der Waals surface area contributed by atoms with Crippen LogP contribution in [0.1, 0.15) is 18.3 Å². The van der Waals surface area contributed by atoms with E-state index < -0.39 is 0 Å². The number of aromatic amines is 1. The summed E-state index contributed by atoms with van der Waals surface area (Å²) in [5, 5.41) is 7.51. The third-order valence-electron chi connectivity index (χ3n) is 3.97. The van der Waals surface area contributed by atoms with Crippen molar-refractivity contribution in [1.82, 2.24) is 30.0 Å². The summed E-state index contributed by atoms with van der Waals surface area (Å²) in [6.07, 6.45) is 5.69. The number of hydrogen-bond donors (Lipinski definition) is 2. The van der Waals surface area contributed by atoms with Crippen LogP contribution in [0, 0.1) is 0 Å². The number of H-pyrrole nitrogens is 1. The molecule has 136 valence electrons. The Labute approximate surface area is 153 Å². The number of imidazole rings is 1. The van der Waals surface area contributed by atoms with Crippen LogP contribution in [0.4, 0.5) is 0 Å². The molecule has 0 spiro atoms. The molecule has 3 rings (SSSR count). The highest BCUT2D eigenvalue weighted by molar-refractivity contribution is 5.79. The van der Waals surface area contributed by atoms with Crippen LogP contribution in [-0.2, 0) is 20.1 Å². The van der Waals surface area contributed by atoms with Crippen molar-refractivity contribution >= 4 is 5.96 Å². The van der Waals surface area contributed by atoms with Crippen LogP contribution < -0.4 is 5.32 Å². The number of benzene rings is 1. The number of guanidine groups is 1. The molecule has 3 aromatic rings. The Morgan fingerprint density at radius 2 is 2.08 bits per heavy atom. The zero-order valence-corrected chi connectivity index (χ0v) is 15.5. The maximum atomic E-state index is 4.69. The van der Waals surface area contributed by atoms with E-state index in [1.807, 2.05) is 50.9 Å². The van der Waals surface area contributed by atoms with Crippen LogP contribution in [0.15, 0.2) is 53.9 Å². The number of hydrogen-bond acceptors (Lipinski definition) is 3. The van der Waals surface area contributed by atoms with Gasteiger partial charge in [-0.1, -0.05) is 30.3 Å². The molecule has 26 heavy (non-hydrogen) atoms. The van der Waals surface area contributed by atoms with Crippen molar-refractivity contribution in [2.24, 2.45) is 12.0 Å². The Morgan fingerprint density at radius 1 is 1.27 bits per heavy atom. The molecule has 2 N–H and O–H groups in total. The predicted molar refractivity (Wildman–Crippen MR) is 104 cm³/mol. The summed E-state index contributed by atoms with van der Waals surface area (Å²) in [5.41, 5.74) is 3.23. The summed E-state index contributed by atoms with van der Waals surface area (Å²) >= 11 is 0. The number of nitrogens with zero attached hydrogens (tertiary/aromatic N) is 5. The average Bonchev–Trinajstić information content (AvgIpc) is 3.28. The van der Waals surface area contributed by atoms with E-state index in [2.05, 4.69) is 44.3 Å². The number of aliphatic imine (C=N–C) groups is 1. The Balaban J connectivity index is 1.68. The Morgan fingerprint density at radius 3 is 2.77 bits per heavy atom. The van der Waals surface area contributed by atoms with E-state index in [0.29, 0.717) is 13.1 Å². The first-order chi connectivity index (χ1) is 12.7. The van der Waals surface area contributed by atoms with E-state index in [4.69, 9.17) is 4.99 Å². The van der Waals surface area contributed by atoms with Gasteiger partial charge in [-0.2, -0.15) is 5.10 Å². The van der Waals surface area contributed by atoms with Crippen molar-refractivity contribution < 1.29 is 0 Å². The van der Waals surface area contributed by atoms with E-state index in [1.165, 1.54) is 0 Å². The number of aryl methyl sites for hydroxylation is 1. The first-order valence-electron chi connectivity index (χ1n) is 8.72. The lowest BCUT2D eigenvalue weighted by atomic mass is 10.2. The molecule has 2 aromatic heterocycles. The normalized spacial score (nSPS) is 11.6. The maximum Gasteiger partial charge on any atom is 0.194 e. The van der Waals surface area contributed by atoms with Crippen molar-refractivity contribution in [1.29, 1.82) is 0 Å². The van der Waals surface area contributed by atoms with Crippen molar-refractivity contribution in [3.63, 3.8) is 0 Å². The molecule has 0 saturated heterocycles. The Kier molecular flexibility index (Phi) is 5.68. The smallest absolute Gasteiger partial charge is 0.194 e. The van der Waals surface area contributed by atoms with E-state index in [1.54, 1.807) is 4.68 Å². The van der Waals surface area contributed by atoms with E-state index >= 15 is 0 Å². The van der Waals surface area contributed by atoms with Crippen LogP contribution in [0.5, 0.6) is 0 Å². The van der Waals surface area contributed by atoms with Gasteiger partial charge >= 0.3 is 0 Å². The van der Waals surface area contributed by atoms with Gasteiger partial charge in [-0.25, -0.2) is 9.98 Å². The van der Waals surface area contributed by atoms with Crippen molar-refractivity contribution in [2.45, 2.75) is 20.0 Å². The highest BCUT2D eigenvalue weighted by Crippen LogP contribution is 2.16. The zero-order valence-electron chi connectivity index (χ0n) is 15.5. The standard InChI is InChI=1S/C19H25N7/c1-4-20-19(22-10-15-11-23-26(3)13-15)25(2)14-18-21-12-17(24-18)16-8-6-5-7-9-16/h5-9,11-13H,4,10,14H2,1-3H3,(H,20,22)(H,21,24). The summed E-state index contributed by atoms with van der Waals surface area (Å²) in [6, 6.07) is 10.2. The fraction of sp³-hybridized carbons (Fsp3) is 0.316. The summed E-state index contributed by atoms with van der Waals surface area (Å²) in [6.45, 7) is 4.11. The molecule has 1 aromatic carbocycles. The maximum absolute atomic E-state index is 4.69. The van der Waals surface area contributed by atoms with Gasteiger partial charge in [0.2, 0.25) is 0 Å². The van der Waals surface area contributed by atoms with Crippen molar-refractivity contribution in [3.05, 3.63) is 60.3 Å². The monoisotopic (exact) mass is 351 g/mol. The second-order valence-electron chi connectivity index (χ2n) is 6.16. The van der Waals surface area contributed by atoms with Crippen LogP contribution in [0.25, 0.3) is 11.3 Å². The highest BCUT2D eigenvalue weighted by Gasteiger charge is 2.10. The molecule has 0 amide bonds. The van der Waals surface area contributed by atoms with Gasteiger partial charge in [0.25, 0.3) is 0 Å². The molecule has 0 bridgehead atoms. The van der Waals surface area contributed by atoms with E-state index in [0.717, 1.165) is 35.1 Å². The fourth-order valence-corrected chi connectivity index (χ4v) is 2.70. The molecular formula is C19H25N7. The molecule has 0 aliphatic heterocycles. The Hall–Kier alpha value is -3.09. The SMILES string of the molecule is CCNC(=NCc1cnn(C)c1)N(C)Cc1ncc(-c2ccccc2)[nH]1. The summed E-state index contributed by atoms with van der Waals surface area (Å²) in [4.78, 5) is 14.6. The van der Waals surface area contributed by atoms with Gasteiger partial charge in [-0.3, -0.25) is 4.68 Å². The summed E-state index contributed by atoms with van der Waals surface area (Å²) in [5.74, 6) is 1.74. The number of nitrogens with one attached hydrogen (secondary N) is 2. The van der Waals surface area contributed by atoms with Gasteiger partial charge < -0.3 is 15.2 Å². The third-order valence-corrected chi connectivity index (χ3v) is 3.97. The lowest BCUT2D eigenvalue weighted by Gasteiger charge is -2.20. The average molecular weight is 351 g/mol. The van der Waals surface area contributed by atoms with Gasteiger partial charge in [-0.05, 0) is 12.5 Å². The molecule has 0 unspecified atom stereocenters. The van der Waals surface area contributed by atoms with Crippen LogP contribution in [0.3, 0.4) is 0 Å². The van der Waals surface area contributed by atoms with Gasteiger partial charge in [0.1, 0.15) is 5.82 Å². The summed E-state index contributed by atoms with van der Waals surface area (Å²) < 4.78 is 1.79. The number of rotatable bonds is 6. The largest absolute Gasteiger partial charge is 0.357 e. The molecule has 2 heterocycles. The number of aromatic nitrogens is 4. The molecule has 0 aliphatic rings. The first-order valence-corrected chi connectivity index (χ1v) is 8.72. The summed E-state index contributed by atoms with van der Waals surface area (Å²) in [7, 11) is 3.92. The van der Waals surface area contributed by atoms with E-state index in [-0.39, 0.29) is 0 Å². The van der Waals surface area contributed by atoms with Crippen molar-refractivity contribution in [2.75, 3.05) is 13.6 Å². The first kappa shape index (κ1) is 17.7. The van der Waals surface area contributed by atoms with Gasteiger partial charge in [0.15, 0.2) is 5.96 Å². The molecule has 0 radical (unpaired) electrons. The molecule has 0 saturated carbocycles. The minimum absolute atomic E-state index is 0.591. The third kappa shape index (κ3) is 4.50. The fourth-order valence-electron chi connectivity index (χ4n) is 2.70.